The predicted octanol–water partition coefficient (Wildman–Crippen LogP) is 1.21. The number of aromatic nitrogens is 4. The molecular formula is C17H23N5O2. The summed E-state index contributed by atoms with van der Waals surface area (Å²) in [6, 6.07) is 2.01. The number of carbonyl (C=O) groups excluding carboxylic acids is 1. The highest BCUT2D eigenvalue weighted by Crippen LogP contribution is 2.19. The van der Waals surface area contributed by atoms with Crippen LogP contribution in [0.15, 0.2) is 23.3 Å². The number of aromatic amines is 1. The van der Waals surface area contributed by atoms with Gasteiger partial charge in [-0.3, -0.25) is 14.3 Å². The topological polar surface area (TPSA) is 83.9 Å². The van der Waals surface area contributed by atoms with E-state index < -0.39 is 0 Å². The monoisotopic (exact) mass is 329 g/mol. The number of rotatable bonds is 4. The molecule has 1 saturated heterocycles. The summed E-state index contributed by atoms with van der Waals surface area (Å²) in [5.41, 5.74) is 0.883. The second kappa shape index (κ2) is 6.98. The van der Waals surface area contributed by atoms with E-state index in [1.807, 2.05) is 21.8 Å². The number of amides is 1. The first-order valence-corrected chi connectivity index (χ1v) is 8.38. The van der Waals surface area contributed by atoms with Gasteiger partial charge in [-0.15, -0.1) is 0 Å². The molecule has 7 nitrogen and oxygen atoms in total. The zero-order valence-electron chi connectivity index (χ0n) is 14.2. The Balaban J connectivity index is 1.76. The van der Waals surface area contributed by atoms with Crippen molar-refractivity contribution in [3.8, 4) is 0 Å². The fraction of sp³-hybridized carbons (Fsp3) is 0.529. The van der Waals surface area contributed by atoms with Crippen LogP contribution in [-0.4, -0.2) is 43.1 Å². The van der Waals surface area contributed by atoms with E-state index in [-0.39, 0.29) is 23.9 Å². The minimum atomic E-state index is -0.214. The number of carbonyl (C=O) groups is 1. The number of hydrogen-bond donors (Lipinski definition) is 1. The third-order valence-corrected chi connectivity index (χ3v) is 4.57. The van der Waals surface area contributed by atoms with Crippen molar-refractivity contribution in [1.82, 2.24) is 24.6 Å². The minimum absolute atomic E-state index is 0.00823. The number of nitrogens with one attached hydrogen (secondary N) is 1. The van der Waals surface area contributed by atoms with Crippen molar-refractivity contribution >= 4 is 5.91 Å². The third kappa shape index (κ3) is 3.55. The van der Waals surface area contributed by atoms with Gasteiger partial charge in [-0.25, -0.2) is 4.98 Å². The maximum Gasteiger partial charge on any atom is 0.254 e. The highest BCUT2D eigenvalue weighted by atomic mass is 16.2. The normalized spacial score (nSPS) is 17.9. The van der Waals surface area contributed by atoms with Gasteiger partial charge in [0.2, 0.25) is 5.91 Å². The zero-order chi connectivity index (χ0) is 17.1. The first-order valence-electron chi connectivity index (χ1n) is 8.38. The highest BCUT2D eigenvalue weighted by Gasteiger charge is 2.28. The van der Waals surface area contributed by atoms with Gasteiger partial charge in [0.1, 0.15) is 5.82 Å². The van der Waals surface area contributed by atoms with Crippen LogP contribution in [0, 0.1) is 13.8 Å². The van der Waals surface area contributed by atoms with E-state index in [4.69, 9.17) is 0 Å². The van der Waals surface area contributed by atoms with Crippen LogP contribution < -0.4 is 5.56 Å². The molecular weight excluding hydrogens is 306 g/mol. The smallest absolute Gasteiger partial charge is 0.254 e. The molecule has 1 aliphatic heterocycles. The summed E-state index contributed by atoms with van der Waals surface area (Å²) in [7, 11) is 0. The molecule has 1 amide bonds. The van der Waals surface area contributed by atoms with E-state index in [0.29, 0.717) is 23.6 Å². The molecule has 0 aliphatic carbocycles. The van der Waals surface area contributed by atoms with Crippen LogP contribution in [0.1, 0.15) is 36.3 Å². The lowest BCUT2D eigenvalue weighted by atomic mass is 10.0. The van der Waals surface area contributed by atoms with Crippen LogP contribution in [0.3, 0.4) is 0 Å². The summed E-state index contributed by atoms with van der Waals surface area (Å²) < 4.78 is 1.86. The van der Waals surface area contributed by atoms with Gasteiger partial charge < -0.3 is 9.88 Å². The Bertz CT molecular complexity index is 766. The Morgan fingerprint density at radius 1 is 1.38 bits per heavy atom. The molecule has 24 heavy (non-hydrogen) atoms. The Morgan fingerprint density at radius 3 is 2.92 bits per heavy atom. The zero-order valence-corrected chi connectivity index (χ0v) is 14.2. The second-order valence-corrected chi connectivity index (χ2v) is 6.36. The lowest BCUT2D eigenvalue weighted by molar-refractivity contribution is -0.134. The van der Waals surface area contributed by atoms with E-state index in [1.165, 1.54) is 0 Å². The lowest BCUT2D eigenvalue weighted by Crippen LogP contribution is -2.47. The molecule has 3 rings (SSSR count). The van der Waals surface area contributed by atoms with Crippen LogP contribution in [0.4, 0.5) is 0 Å². The molecule has 1 atom stereocenters. The van der Waals surface area contributed by atoms with Crippen LogP contribution in [-0.2, 0) is 17.8 Å². The van der Waals surface area contributed by atoms with E-state index >= 15 is 0 Å². The molecule has 0 spiro atoms. The van der Waals surface area contributed by atoms with Crippen LogP contribution in [0.25, 0.3) is 0 Å². The Labute approximate surface area is 140 Å². The quantitative estimate of drug-likeness (QED) is 0.914. The van der Waals surface area contributed by atoms with E-state index in [2.05, 4.69) is 15.1 Å². The van der Waals surface area contributed by atoms with Gasteiger partial charge in [-0.2, -0.15) is 5.10 Å². The number of nitrogens with zero attached hydrogens (tertiary/aromatic N) is 4. The van der Waals surface area contributed by atoms with E-state index in [9.17, 15) is 9.59 Å². The van der Waals surface area contributed by atoms with Crippen molar-refractivity contribution in [2.75, 3.05) is 6.54 Å². The van der Waals surface area contributed by atoms with Crippen molar-refractivity contribution in [1.29, 1.82) is 0 Å². The highest BCUT2D eigenvalue weighted by molar-refractivity contribution is 5.79. The van der Waals surface area contributed by atoms with Gasteiger partial charge in [-0.1, -0.05) is 0 Å². The average Bonchev–Trinajstić information content (AvgIpc) is 3.04. The van der Waals surface area contributed by atoms with Crippen molar-refractivity contribution in [2.45, 2.75) is 52.1 Å². The Kier molecular flexibility index (Phi) is 4.78. The van der Waals surface area contributed by atoms with E-state index in [0.717, 1.165) is 25.8 Å². The fourth-order valence-corrected chi connectivity index (χ4v) is 3.36. The van der Waals surface area contributed by atoms with Crippen molar-refractivity contribution in [3.05, 3.63) is 45.9 Å². The molecule has 0 unspecified atom stereocenters. The van der Waals surface area contributed by atoms with Crippen molar-refractivity contribution in [3.63, 3.8) is 0 Å². The Hall–Kier alpha value is -2.44. The lowest BCUT2D eigenvalue weighted by Gasteiger charge is -2.36. The molecule has 0 radical (unpaired) electrons. The molecule has 2 aromatic rings. The predicted molar refractivity (Wildman–Crippen MR) is 89.6 cm³/mol. The van der Waals surface area contributed by atoms with Gasteiger partial charge in [0.25, 0.3) is 5.56 Å². The number of piperidine rings is 1. The average molecular weight is 329 g/mol. The number of hydrogen-bond acceptors (Lipinski definition) is 4. The summed E-state index contributed by atoms with van der Waals surface area (Å²) >= 11 is 0. The van der Waals surface area contributed by atoms with Crippen molar-refractivity contribution in [2.24, 2.45) is 0 Å². The van der Waals surface area contributed by atoms with Gasteiger partial charge in [-0.05, 0) is 39.2 Å². The fourth-order valence-electron chi connectivity index (χ4n) is 3.36. The molecule has 3 heterocycles. The van der Waals surface area contributed by atoms with Crippen molar-refractivity contribution < 1.29 is 4.79 Å². The van der Waals surface area contributed by atoms with Crippen LogP contribution in [0.2, 0.25) is 0 Å². The Morgan fingerprint density at radius 2 is 2.21 bits per heavy atom. The SMILES string of the molecule is Cc1nc(C)c(CC(=O)N2CCCC[C@H]2Cn2cccn2)c(=O)[nH]1. The molecule has 7 heteroatoms. The maximum atomic E-state index is 12.8. The largest absolute Gasteiger partial charge is 0.338 e. The summed E-state index contributed by atoms with van der Waals surface area (Å²) in [4.78, 5) is 33.8. The standard InChI is InChI=1S/C17H23N5O2/c1-12-15(17(24)20-13(2)19-12)10-16(23)22-9-4-3-6-14(22)11-21-8-5-7-18-21/h5,7-8,14H,3-4,6,9-11H2,1-2H3,(H,19,20,24)/t14-/m0/s1. The molecule has 0 bridgehead atoms. The minimum Gasteiger partial charge on any atom is -0.338 e. The van der Waals surface area contributed by atoms with Gasteiger partial charge >= 0.3 is 0 Å². The van der Waals surface area contributed by atoms with Gasteiger partial charge in [0, 0.05) is 30.2 Å². The van der Waals surface area contributed by atoms with Gasteiger partial charge in [0.05, 0.1) is 19.0 Å². The van der Waals surface area contributed by atoms with Crippen LogP contribution in [0.5, 0.6) is 0 Å². The summed E-state index contributed by atoms with van der Waals surface area (Å²) in [6.07, 6.45) is 6.84. The maximum absolute atomic E-state index is 12.8. The number of likely N-dealkylation sites (tertiary alicyclic amines) is 1. The van der Waals surface area contributed by atoms with Crippen LogP contribution >= 0.6 is 0 Å². The third-order valence-electron chi connectivity index (χ3n) is 4.57. The number of aryl methyl sites for hydroxylation is 2. The molecule has 2 aromatic heterocycles. The second-order valence-electron chi connectivity index (χ2n) is 6.36. The van der Waals surface area contributed by atoms with E-state index in [1.54, 1.807) is 20.0 Å². The molecule has 128 valence electrons. The summed E-state index contributed by atoms with van der Waals surface area (Å²) in [6.45, 7) is 4.95. The molecule has 0 saturated carbocycles. The number of H-pyrrole nitrogens is 1. The summed E-state index contributed by atoms with van der Waals surface area (Å²) in [5, 5.41) is 4.24. The first-order chi connectivity index (χ1) is 11.5. The first kappa shape index (κ1) is 16.4. The molecule has 1 fully saturated rings. The van der Waals surface area contributed by atoms with Gasteiger partial charge in [0.15, 0.2) is 0 Å². The molecule has 1 N–H and O–H groups in total. The molecule has 0 aromatic carbocycles. The molecule has 1 aliphatic rings. The summed E-state index contributed by atoms with van der Waals surface area (Å²) in [5.74, 6) is 0.564.